The summed E-state index contributed by atoms with van der Waals surface area (Å²) >= 11 is 0. The Hall–Kier alpha value is -1.06. The number of hydrogen-bond donors (Lipinski definition) is 0. The van der Waals surface area contributed by atoms with Crippen LogP contribution in [0.1, 0.15) is 33.6 Å². The summed E-state index contributed by atoms with van der Waals surface area (Å²) in [6, 6.07) is 0. The first-order valence-electron chi connectivity index (χ1n) is 4.39. The Balaban J connectivity index is 3.45. The van der Waals surface area contributed by atoms with E-state index in [-0.39, 0.29) is 18.0 Å². The van der Waals surface area contributed by atoms with Crippen LogP contribution in [0.3, 0.4) is 0 Å². The highest BCUT2D eigenvalue weighted by atomic mass is 16.6. The molecule has 0 spiro atoms. The molecule has 4 nitrogen and oxygen atoms in total. The van der Waals surface area contributed by atoms with Gasteiger partial charge in [0.25, 0.3) is 0 Å². The molecule has 4 heteroatoms. The van der Waals surface area contributed by atoms with Gasteiger partial charge >= 0.3 is 11.9 Å². The molecule has 76 valence electrons. The summed E-state index contributed by atoms with van der Waals surface area (Å²) in [5.41, 5.74) is 0. The molecule has 0 rings (SSSR count). The van der Waals surface area contributed by atoms with Crippen LogP contribution in [0.5, 0.6) is 0 Å². The molecule has 0 aromatic rings. The summed E-state index contributed by atoms with van der Waals surface area (Å²) in [5, 5.41) is 0. The van der Waals surface area contributed by atoms with Crippen LogP contribution in [0.4, 0.5) is 0 Å². The summed E-state index contributed by atoms with van der Waals surface area (Å²) in [6.45, 7) is 5.16. The van der Waals surface area contributed by atoms with Crippen molar-refractivity contribution in [1.29, 1.82) is 0 Å². The number of rotatable bonds is 5. The Labute approximate surface area is 78.2 Å². The SMILES string of the molecule is CCC(=O)OC(C)CCOC(C)=O. The van der Waals surface area contributed by atoms with Crippen LogP contribution in [-0.2, 0) is 19.1 Å². The van der Waals surface area contributed by atoms with Crippen LogP contribution >= 0.6 is 0 Å². The lowest BCUT2D eigenvalue weighted by atomic mass is 10.3. The molecule has 0 aliphatic rings. The van der Waals surface area contributed by atoms with E-state index in [0.29, 0.717) is 19.4 Å². The van der Waals surface area contributed by atoms with Gasteiger partial charge in [0.1, 0.15) is 6.10 Å². The van der Waals surface area contributed by atoms with Crippen molar-refractivity contribution in [3.8, 4) is 0 Å². The minimum absolute atomic E-state index is 0.188. The molecule has 1 unspecified atom stereocenters. The second kappa shape index (κ2) is 6.46. The first kappa shape index (κ1) is 11.9. The molecule has 0 aromatic carbocycles. The van der Waals surface area contributed by atoms with E-state index in [2.05, 4.69) is 0 Å². The quantitative estimate of drug-likeness (QED) is 0.610. The van der Waals surface area contributed by atoms with Gasteiger partial charge in [-0.2, -0.15) is 0 Å². The van der Waals surface area contributed by atoms with E-state index in [1.807, 2.05) is 0 Å². The maximum Gasteiger partial charge on any atom is 0.305 e. The molecular weight excluding hydrogens is 172 g/mol. The molecule has 0 aromatic heterocycles. The highest BCUT2D eigenvalue weighted by molar-refractivity contribution is 5.69. The lowest BCUT2D eigenvalue weighted by Crippen LogP contribution is -2.16. The molecule has 0 heterocycles. The van der Waals surface area contributed by atoms with Crippen LogP contribution < -0.4 is 0 Å². The molecule has 0 saturated heterocycles. The third-order valence-electron chi connectivity index (χ3n) is 1.45. The van der Waals surface area contributed by atoms with E-state index >= 15 is 0 Å². The van der Waals surface area contributed by atoms with Gasteiger partial charge in [-0.25, -0.2) is 0 Å². The van der Waals surface area contributed by atoms with Crippen molar-refractivity contribution in [2.75, 3.05) is 6.61 Å². The van der Waals surface area contributed by atoms with E-state index < -0.39 is 0 Å². The van der Waals surface area contributed by atoms with Crippen molar-refractivity contribution in [2.24, 2.45) is 0 Å². The van der Waals surface area contributed by atoms with Crippen molar-refractivity contribution in [3.63, 3.8) is 0 Å². The fraction of sp³-hybridized carbons (Fsp3) is 0.778. The average molecular weight is 188 g/mol. The predicted molar refractivity (Wildman–Crippen MR) is 47.1 cm³/mol. The Bertz CT molecular complexity index is 176. The molecule has 13 heavy (non-hydrogen) atoms. The van der Waals surface area contributed by atoms with E-state index in [0.717, 1.165) is 0 Å². The van der Waals surface area contributed by atoms with Crippen LogP contribution in [0.15, 0.2) is 0 Å². The van der Waals surface area contributed by atoms with E-state index in [9.17, 15) is 9.59 Å². The summed E-state index contributed by atoms with van der Waals surface area (Å²) < 4.78 is 9.65. The first-order chi connectivity index (χ1) is 6.06. The molecule has 0 radical (unpaired) electrons. The van der Waals surface area contributed by atoms with Crippen molar-refractivity contribution in [1.82, 2.24) is 0 Å². The van der Waals surface area contributed by atoms with Gasteiger partial charge in [-0.05, 0) is 6.92 Å². The van der Waals surface area contributed by atoms with Crippen molar-refractivity contribution in [3.05, 3.63) is 0 Å². The van der Waals surface area contributed by atoms with E-state index in [1.54, 1.807) is 13.8 Å². The second-order valence-electron chi connectivity index (χ2n) is 2.78. The van der Waals surface area contributed by atoms with Crippen molar-refractivity contribution in [2.45, 2.75) is 39.7 Å². The first-order valence-corrected chi connectivity index (χ1v) is 4.39. The number of carbonyl (C=O) groups excluding carboxylic acids is 2. The number of esters is 2. The molecule has 0 amide bonds. The Kier molecular flexibility index (Phi) is 5.93. The predicted octanol–water partition coefficient (Wildman–Crippen LogP) is 1.28. The van der Waals surface area contributed by atoms with E-state index in [4.69, 9.17) is 9.47 Å². The van der Waals surface area contributed by atoms with Crippen LogP contribution in [0.25, 0.3) is 0 Å². The highest BCUT2D eigenvalue weighted by Gasteiger charge is 2.07. The second-order valence-corrected chi connectivity index (χ2v) is 2.78. The molecule has 1 atom stereocenters. The van der Waals surface area contributed by atoms with Gasteiger partial charge in [0, 0.05) is 19.8 Å². The summed E-state index contributed by atoms with van der Waals surface area (Å²) in [5.74, 6) is -0.538. The van der Waals surface area contributed by atoms with E-state index in [1.165, 1.54) is 6.92 Å². The van der Waals surface area contributed by atoms with Gasteiger partial charge in [0.05, 0.1) is 6.61 Å². The standard InChI is InChI=1S/C9H16O4/c1-4-9(11)13-7(2)5-6-12-8(3)10/h7H,4-6H2,1-3H3. The van der Waals surface area contributed by atoms with Crippen molar-refractivity contribution < 1.29 is 19.1 Å². The monoisotopic (exact) mass is 188 g/mol. The molecule has 0 aliphatic heterocycles. The minimum atomic E-state index is -0.311. The normalized spacial score (nSPS) is 11.9. The van der Waals surface area contributed by atoms with Crippen LogP contribution in [0.2, 0.25) is 0 Å². The zero-order valence-corrected chi connectivity index (χ0v) is 8.33. The largest absolute Gasteiger partial charge is 0.466 e. The fourth-order valence-corrected chi connectivity index (χ4v) is 0.735. The minimum Gasteiger partial charge on any atom is -0.466 e. The molecular formula is C9H16O4. The molecule has 0 N–H and O–H groups in total. The van der Waals surface area contributed by atoms with Gasteiger partial charge in [-0.1, -0.05) is 6.92 Å². The smallest absolute Gasteiger partial charge is 0.305 e. The third kappa shape index (κ3) is 7.31. The zero-order valence-electron chi connectivity index (χ0n) is 8.33. The van der Waals surface area contributed by atoms with Crippen molar-refractivity contribution >= 4 is 11.9 Å². The Morgan fingerprint density at radius 3 is 2.46 bits per heavy atom. The number of hydrogen-bond acceptors (Lipinski definition) is 4. The fourth-order valence-electron chi connectivity index (χ4n) is 0.735. The Morgan fingerprint density at radius 2 is 2.00 bits per heavy atom. The Morgan fingerprint density at radius 1 is 1.38 bits per heavy atom. The lowest BCUT2D eigenvalue weighted by Gasteiger charge is -2.11. The van der Waals surface area contributed by atoms with Gasteiger partial charge in [-0.15, -0.1) is 0 Å². The summed E-state index contributed by atoms with van der Waals surface area (Å²) in [7, 11) is 0. The zero-order chi connectivity index (χ0) is 10.3. The van der Waals surface area contributed by atoms with Gasteiger partial charge < -0.3 is 9.47 Å². The van der Waals surface area contributed by atoms with Crippen LogP contribution in [0, 0.1) is 0 Å². The average Bonchev–Trinajstić information content (AvgIpc) is 2.03. The highest BCUT2D eigenvalue weighted by Crippen LogP contribution is 1.99. The molecule has 0 saturated carbocycles. The molecule has 0 fully saturated rings. The third-order valence-corrected chi connectivity index (χ3v) is 1.45. The maximum absolute atomic E-state index is 10.8. The maximum atomic E-state index is 10.8. The molecule has 0 aliphatic carbocycles. The summed E-state index contributed by atoms with van der Waals surface area (Å²) in [4.78, 5) is 21.2. The van der Waals surface area contributed by atoms with Gasteiger partial charge in [0.15, 0.2) is 0 Å². The molecule has 0 bridgehead atoms. The lowest BCUT2D eigenvalue weighted by molar-refractivity contribution is -0.149. The van der Waals surface area contributed by atoms with Gasteiger partial charge in [-0.3, -0.25) is 9.59 Å². The van der Waals surface area contributed by atoms with Crippen LogP contribution in [-0.4, -0.2) is 24.6 Å². The topological polar surface area (TPSA) is 52.6 Å². The summed E-state index contributed by atoms with van der Waals surface area (Å²) in [6.07, 6.45) is 0.732. The number of ether oxygens (including phenoxy) is 2. The van der Waals surface area contributed by atoms with Gasteiger partial charge in [0.2, 0.25) is 0 Å². The number of carbonyl (C=O) groups is 2.